The lowest BCUT2D eigenvalue weighted by atomic mass is 10.1. The van der Waals surface area contributed by atoms with Gasteiger partial charge >= 0.3 is 12.4 Å². The molecule has 0 atom stereocenters. The molecule has 2 rings (SSSR count). The third-order valence-corrected chi connectivity index (χ3v) is 3.43. The lowest BCUT2D eigenvalue weighted by Gasteiger charge is -2.17. The molecule has 8 heteroatoms. The molecule has 0 saturated carbocycles. The van der Waals surface area contributed by atoms with Crippen molar-refractivity contribution >= 4 is 6.29 Å². The van der Waals surface area contributed by atoms with E-state index in [0.717, 1.165) is 0 Å². The van der Waals surface area contributed by atoms with Crippen molar-refractivity contribution in [1.29, 1.82) is 0 Å². The summed E-state index contributed by atoms with van der Waals surface area (Å²) in [6.45, 7) is 2.94. The van der Waals surface area contributed by atoms with Crippen LogP contribution in [0.15, 0.2) is 24.3 Å². The summed E-state index contributed by atoms with van der Waals surface area (Å²) >= 11 is 0. The van der Waals surface area contributed by atoms with Crippen molar-refractivity contribution in [2.75, 3.05) is 0 Å². The van der Waals surface area contributed by atoms with Gasteiger partial charge in [-0.3, -0.25) is 4.79 Å². The molecule has 0 saturated heterocycles. The summed E-state index contributed by atoms with van der Waals surface area (Å²) in [7, 11) is 0. The Morgan fingerprint density at radius 1 is 0.870 bits per heavy atom. The van der Waals surface area contributed by atoms with Gasteiger partial charge in [-0.25, -0.2) is 0 Å². The van der Waals surface area contributed by atoms with E-state index in [1.807, 2.05) is 0 Å². The van der Waals surface area contributed by atoms with Gasteiger partial charge in [-0.15, -0.1) is 0 Å². The molecule has 1 aromatic carbocycles. The number of carbonyl (C=O) groups excluding carboxylic acids is 1. The summed E-state index contributed by atoms with van der Waals surface area (Å²) in [6.07, 6.45) is -9.34. The second kappa shape index (κ2) is 5.43. The zero-order valence-corrected chi connectivity index (χ0v) is 12.0. The summed E-state index contributed by atoms with van der Waals surface area (Å²) in [5.41, 5.74) is -2.27. The highest BCUT2D eigenvalue weighted by molar-refractivity contribution is 5.77. The van der Waals surface area contributed by atoms with Gasteiger partial charge in [-0.2, -0.15) is 26.3 Å². The van der Waals surface area contributed by atoms with Crippen molar-refractivity contribution < 1.29 is 31.1 Å². The molecule has 2 nitrogen and oxygen atoms in total. The van der Waals surface area contributed by atoms with Crippen LogP contribution in [0, 0.1) is 13.8 Å². The molecule has 0 amide bonds. The zero-order chi connectivity index (χ0) is 17.6. The molecule has 23 heavy (non-hydrogen) atoms. The molecule has 1 heterocycles. The van der Waals surface area contributed by atoms with Crippen molar-refractivity contribution in [2.24, 2.45) is 0 Å². The number of alkyl halides is 6. The minimum Gasteiger partial charge on any atom is -0.318 e. The van der Waals surface area contributed by atoms with Gasteiger partial charge in [0, 0.05) is 22.6 Å². The third-order valence-electron chi connectivity index (χ3n) is 3.43. The van der Waals surface area contributed by atoms with Gasteiger partial charge in [0.05, 0.1) is 11.1 Å². The van der Waals surface area contributed by atoms with Gasteiger partial charge in [0.25, 0.3) is 0 Å². The average molecular weight is 335 g/mol. The molecule has 1 aromatic heterocycles. The molecule has 0 unspecified atom stereocenters. The first-order chi connectivity index (χ1) is 10.4. The largest absolute Gasteiger partial charge is 0.416 e. The second-order valence-electron chi connectivity index (χ2n) is 5.04. The fraction of sp³-hybridized carbons (Fsp3) is 0.267. The van der Waals surface area contributed by atoms with Gasteiger partial charge in [-0.05, 0) is 38.1 Å². The van der Waals surface area contributed by atoms with E-state index in [9.17, 15) is 31.1 Å². The van der Waals surface area contributed by atoms with E-state index in [0.29, 0.717) is 24.1 Å². The van der Waals surface area contributed by atoms with Crippen LogP contribution in [0.5, 0.6) is 0 Å². The molecule has 0 aliphatic rings. The monoisotopic (exact) mass is 335 g/mol. The zero-order valence-electron chi connectivity index (χ0n) is 12.0. The van der Waals surface area contributed by atoms with Crippen LogP contribution in [0.2, 0.25) is 0 Å². The second-order valence-corrected chi connectivity index (χ2v) is 5.04. The lowest BCUT2D eigenvalue weighted by molar-refractivity contribution is -0.143. The minimum atomic E-state index is -4.92. The minimum absolute atomic E-state index is 0.0678. The molecule has 0 N–H and O–H groups in total. The highest BCUT2D eigenvalue weighted by Gasteiger charge is 2.37. The topological polar surface area (TPSA) is 22.0 Å². The van der Waals surface area contributed by atoms with Crippen LogP contribution in [0.25, 0.3) is 5.69 Å². The first kappa shape index (κ1) is 17.1. The average Bonchev–Trinajstić information content (AvgIpc) is 2.71. The van der Waals surface area contributed by atoms with Crippen LogP contribution >= 0.6 is 0 Å². The highest BCUT2D eigenvalue weighted by atomic mass is 19.4. The van der Waals surface area contributed by atoms with Crippen LogP contribution in [-0.2, 0) is 12.4 Å². The van der Waals surface area contributed by atoms with E-state index in [-0.39, 0.29) is 23.0 Å². The van der Waals surface area contributed by atoms with Crippen molar-refractivity contribution in [3.8, 4) is 5.69 Å². The Bertz CT molecular complexity index is 722. The Morgan fingerprint density at radius 3 is 1.70 bits per heavy atom. The number of halogens is 6. The van der Waals surface area contributed by atoms with Gasteiger partial charge in [0.1, 0.15) is 0 Å². The Kier molecular flexibility index (Phi) is 4.04. The Labute approximate surface area is 127 Å². The van der Waals surface area contributed by atoms with Gasteiger partial charge in [-0.1, -0.05) is 0 Å². The van der Waals surface area contributed by atoms with Crippen LogP contribution < -0.4 is 0 Å². The number of benzene rings is 1. The van der Waals surface area contributed by atoms with Crippen LogP contribution in [0.3, 0.4) is 0 Å². The Balaban J connectivity index is 2.77. The van der Waals surface area contributed by atoms with E-state index >= 15 is 0 Å². The van der Waals surface area contributed by atoms with E-state index in [1.165, 1.54) is 24.5 Å². The van der Waals surface area contributed by atoms with Crippen LogP contribution in [0.4, 0.5) is 26.3 Å². The van der Waals surface area contributed by atoms with E-state index < -0.39 is 23.5 Å². The molecule has 0 aliphatic carbocycles. The molecule has 0 aliphatic heterocycles. The smallest absolute Gasteiger partial charge is 0.318 e. The number of hydrogen-bond donors (Lipinski definition) is 0. The summed E-state index contributed by atoms with van der Waals surface area (Å²) in [6, 6.07) is 2.72. The van der Waals surface area contributed by atoms with Gasteiger partial charge < -0.3 is 4.57 Å². The van der Waals surface area contributed by atoms with E-state index in [1.54, 1.807) is 0 Å². The molecule has 0 spiro atoms. The lowest BCUT2D eigenvalue weighted by Crippen LogP contribution is -2.13. The predicted octanol–water partition coefficient (Wildman–Crippen LogP) is 4.94. The van der Waals surface area contributed by atoms with Crippen LogP contribution in [0.1, 0.15) is 32.9 Å². The maximum atomic E-state index is 12.9. The SMILES string of the molecule is Cc1cc(C=O)c(C)n1-c1cc(C(F)(F)F)cc(C(F)(F)F)c1. The van der Waals surface area contributed by atoms with Crippen molar-refractivity contribution in [3.05, 3.63) is 52.3 Å². The number of aromatic nitrogens is 1. The standard InChI is InChI=1S/C15H11F6NO/c1-8-3-10(7-23)9(2)22(8)13-5-11(14(16,17)18)4-12(6-13)15(19,20)21/h3-7H,1-2H3. The Hall–Kier alpha value is -2.25. The number of nitrogens with zero attached hydrogens (tertiary/aromatic N) is 1. The number of rotatable bonds is 2. The molecule has 124 valence electrons. The summed E-state index contributed by atoms with van der Waals surface area (Å²) in [4.78, 5) is 10.9. The highest BCUT2D eigenvalue weighted by Crippen LogP contribution is 2.37. The van der Waals surface area contributed by atoms with Crippen LogP contribution in [-0.4, -0.2) is 10.9 Å². The van der Waals surface area contributed by atoms with Crippen molar-refractivity contribution in [3.63, 3.8) is 0 Å². The summed E-state index contributed by atoms with van der Waals surface area (Å²) in [5.74, 6) is 0. The first-order valence-corrected chi connectivity index (χ1v) is 6.39. The predicted molar refractivity (Wildman–Crippen MR) is 70.6 cm³/mol. The van der Waals surface area contributed by atoms with E-state index in [2.05, 4.69) is 0 Å². The quantitative estimate of drug-likeness (QED) is 0.562. The molecule has 0 bridgehead atoms. The molecular weight excluding hydrogens is 324 g/mol. The summed E-state index contributed by atoms with van der Waals surface area (Å²) < 4.78 is 78.5. The molecule has 0 radical (unpaired) electrons. The molecular formula is C15H11F6NO. The molecule has 0 fully saturated rings. The number of hydrogen-bond acceptors (Lipinski definition) is 1. The molecule has 2 aromatic rings. The van der Waals surface area contributed by atoms with E-state index in [4.69, 9.17) is 0 Å². The van der Waals surface area contributed by atoms with Gasteiger partial charge in [0.2, 0.25) is 0 Å². The first-order valence-electron chi connectivity index (χ1n) is 6.39. The van der Waals surface area contributed by atoms with Crippen molar-refractivity contribution in [2.45, 2.75) is 26.2 Å². The fourth-order valence-electron chi connectivity index (χ4n) is 2.37. The number of aryl methyl sites for hydroxylation is 1. The maximum Gasteiger partial charge on any atom is 0.416 e. The van der Waals surface area contributed by atoms with Crippen molar-refractivity contribution in [1.82, 2.24) is 4.57 Å². The fourth-order valence-corrected chi connectivity index (χ4v) is 2.37. The Morgan fingerprint density at radius 2 is 1.35 bits per heavy atom. The third kappa shape index (κ3) is 3.25. The normalized spacial score (nSPS) is 12.5. The number of carbonyl (C=O) groups is 1. The summed E-state index contributed by atoms with van der Waals surface area (Å²) in [5, 5.41) is 0. The maximum absolute atomic E-state index is 12.9. The number of aldehydes is 1. The van der Waals surface area contributed by atoms with Gasteiger partial charge in [0.15, 0.2) is 6.29 Å².